The lowest BCUT2D eigenvalue weighted by atomic mass is 9.89. The quantitative estimate of drug-likeness (QED) is 0.436. The van der Waals surface area contributed by atoms with Gasteiger partial charge in [-0.2, -0.15) is 26.3 Å². The van der Waals surface area contributed by atoms with Crippen LogP contribution in [0, 0.1) is 11.8 Å². The molecule has 0 spiro atoms. The number of likely N-dealkylation sites (tertiary alicyclic amines) is 1. The van der Waals surface area contributed by atoms with Crippen molar-refractivity contribution in [2.45, 2.75) is 51.8 Å². The van der Waals surface area contributed by atoms with Crippen LogP contribution in [0.15, 0.2) is 18.3 Å². The fourth-order valence-corrected chi connectivity index (χ4v) is 4.21. The van der Waals surface area contributed by atoms with E-state index in [0.29, 0.717) is 23.5 Å². The number of halogens is 6. The zero-order chi connectivity index (χ0) is 31.1. The van der Waals surface area contributed by atoms with E-state index in [1.165, 1.54) is 0 Å². The normalized spacial score (nSPS) is 18.2. The van der Waals surface area contributed by atoms with Gasteiger partial charge in [0.1, 0.15) is 5.82 Å². The van der Waals surface area contributed by atoms with Gasteiger partial charge in [0, 0.05) is 50.4 Å². The van der Waals surface area contributed by atoms with Crippen LogP contribution in [0.25, 0.3) is 0 Å². The van der Waals surface area contributed by atoms with Gasteiger partial charge in [0.15, 0.2) is 0 Å². The van der Waals surface area contributed by atoms with Crippen LogP contribution in [-0.4, -0.2) is 91.3 Å². The lowest BCUT2D eigenvalue weighted by Crippen LogP contribution is -2.35. The zero-order valence-electron chi connectivity index (χ0n) is 22.0. The monoisotopic (exact) mass is 598 g/mol. The number of nitrogens with zero attached hydrogens (tertiary/aromatic N) is 5. The Balaban J connectivity index is 0.000000349. The molecule has 1 amide bonds. The van der Waals surface area contributed by atoms with Crippen molar-refractivity contribution in [2.75, 3.05) is 20.2 Å². The first kappa shape index (κ1) is 33.2. The molecule has 0 bridgehead atoms. The Morgan fingerprint density at radius 1 is 1.02 bits per heavy atom. The van der Waals surface area contributed by atoms with E-state index >= 15 is 0 Å². The van der Waals surface area contributed by atoms with Crippen molar-refractivity contribution in [3.05, 3.63) is 35.5 Å². The Bertz CT molecular complexity index is 1190. The van der Waals surface area contributed by atoms with E-state index in [2.05, 4.69) is 31.5 Å². The average molecular weight is 599 g/mol. The number of alkyl halides is 6. The lowest BCUT2D eigenvalue weighted by molar-refractivity contribution is -0.193. The molecule has 2 atom stereocenters. The number of carbonyl (C=O) groups excluding carboxylic acids is 1. The second kappa shape index (κ2) is 13.6. The number of methoxy groups -OCH3 is 1. The smallest absolute Gasteiger partial charge is 0.481 e. The van der Waals surface area contributed by atoms with Crippen LogP contribution < -0.4 is 10.1 Å². The van der Waals surface area contributed by atoms with Crippen LogP contribution in [0.5, 0.6) is 5.88 Å². The number of ether oxygens (including phenoxy) is 1. The first-order valence-corrected chi connectivity index (χ1v) is 12.0. The number of carbonyl (C=O) groups is 3. The van der Waals surface area contributed by atoms with Gasteiger partial charge >= 0.3 is 24.3 Å². The summed E-state index contributed by atoms with van der Waals surface area (Å²) in [7, 11) is 1.66. The first-order valence-electron chi connectivity index (χ1n) is 12.0. The molecule has 4 rings (SSSR count). The number of nitrogens with one attached hydrogen (secondary N) is 1. The van der Waals surface area contributed by atoms with E-state index in [9.17, 15) is 31.1 Å². The summed E-state index contributed by atoms with van der Waals surface area (Å²) in [5.41, 5.74) is 1.11. The van der Waals surface area contributed by atoms with Crippen molar-refractivity contribution >= 4 is 17.8 Å². The number of fused-ring (bicyclic) bond motifs is 2. The molecule has 2 aromatic rings. The fraction of sp³-hybridized carbons (Fsp3) is 0.565. The molecule has 3 N–H and O–H groups in total. The molecule has 0 radical (unpaired) electrons. The van der Waals surface area contributed by atoms with Gasteiger partial charge in [-0.15, -0.1) is 10.2 Å². The van der Waals surface area contributed by atoms with E-state index < -0.39 is 24.3 Å². The van der Waals surface area contributed by atoms with E-state index in [1.807, 2.05) is 24.5 Å². The molecule has 1 saturated heterocycles. The van der Waals surface area contributed by atoms with Crippen molar-refractivity contribution in [2.24, 2.45) is 11.8 Å². The number of aliphatic carboxylic acids is 2. The molecule has 2 aliphatic rings. The van der Waals surface area contributed by atoms with Gasteiger partial charge in [0.05, 0.1) is 7.11 Å². The number of hydrogen-bond acceptors (Lipinski definition) is 8. The second-order valence-corrected chi connectivity index (χ2v) is 9.37. The summed E-state index contributed by atoms with van der Waals surface area (Å²) in [5, 5.41) is 25.6. The summed E-state index contributed by atoms with van der Waals surface area (Å²) in [6.07, 6.45) is -7.55. The Morgan fingerprint density at radius 2 is 1.59 bits per heavy atom. The molecule has 0 saturated carbocycles. The third kappa shape index (κ3) is 9.58. The minimum Gasteiger partial charge on any atom is -0.481 e. The summed E-state index contributed by atoms with van der Waals surface area (Å²) in [4.78, 5) is 36.9. The summed E-state index contributed by atoms with van der Waals surface area (Å²) in [6, 6.07) is 4.09. The van der Waals surface area contributed by atoms with Crippen LogP contribution in [0.3, 0.4) is 0 Å². The zero-order valence-corrected chi connectivity index (χ0v) is 22.0. The first-order chi connectivity index (χ1) is 18.9. The highest BCUT2D eigenvalue weighted by atomic mass is 19.4. The van der Waals surface area contributed by atoms with Crippen LogP contribution in [0.1, 0.15) is 35.9 Å². The van der Waals surface area contributed by atoms with Crippen molar-refractivity contribution in [3.8, 4) is 5.88 Å². The Morgan fingerprint density at radius 3 is 2.10 bits per heavy atom. The van der Waals surface area contributed by atoms with E-state index in [-0.39, 0.29) is 11.9 Å². The molecule has 12 nitrogen and oxygen atoms in total. The molecule has 2 aromatic heterocycles. The molecule has 18 heteroatoms. The molecule has 1 fully saturated rings. The fourth-order valence-electron chi connectivity index (χ4n) is 4.21. The number of carboxylic acids is 2. The third-order valence-corrected chi connectivity index (χ3v) is 5.89. The SMILES string of the molecule is COc1ncccc1CN1CC2Cc3nnc(C(=O)NC(C)C)n3CC2C1.O=C(O)C(F)(F)F.O=C(O)C(F)(F)F. The van der Waals surface area contributed by atoms with Crippen LogP contribution in [0.2, 0.25) is 0 Å². The Labute approximate surface area is 229 Å². The minimum atomic E-state index is -5.08. The summed E-state index contributed by atoms with van der Waals surface area (Å²) in [6.45, 7) is 7.53. The standard InChI is InChI=1S/C19H26N6O2.2C2HF3O2/c1-12(2)21-18(26)17-23-22-16-7-14-9-24(10-15(14)11-25(16)17)8-13-5-4-6-20-19(13)27-3;2*3-2(4,5)1(6)7/h4-6,12,14-15H,7-11H2,1-3H3,(H,21,26);2*(H,6,7). The highest BCUT2D eigenvalue weighted by Gasteiger charge is 2.40. The highest BCUT2D eigenvalue weighted by molar-refractivity contribution is 5.90. The Hall–Kier alpha value is -3.96. The summed E-state index contributed by atoms with van der Waals surface area (Å²) < 4.78 is 70.9. The molecule has 2 unspecified atom stereocenters. The van der Waals surface area contributed by atoms with Crippen LogP contribution in [-0.2, 0) is 29.1 Å². The van der Waals surface area contributed by atoms with Gasteiger partial charge in [0.25, 0.3) is 5.91 Å². The second-order valence-electron chi connectivity index (χ2n) is 9.37. The number of pyridine rings is 1. The third-order valence-electron chi connectivity index (χ3n) is 5.89. The minimum absolute atomic E-state index is 0.0817. The predicted octanol–water partition coefficient (Wildman–Crippen LogP) is 2.39. The van der Waals surface area contributed by atoms with Crippen LogP contribution >= 0.6 is 0 Å². The van der Waals surface area contributed by atoms with Crippen LogP contribution in [0.4, 0.5) is 26.3 Å². The number of rotatable bonds is 5. The maximum Gasteiger partial charge on any atom is 0.490 e. The molecule has 41 heavy (non-hydrogen) atoms. The predicted molar refractivity (Wildman–Crippen MR) is 127 cm³/mol. The molecular formula is C23H28F6N6O6. The van der Waals surface area contributed by atoms with Crippen molar-refractivity contribution in [3.63, 3.8) is 0 Å². The van der Waals surface area contributed by atoms with E-state index in [0.717, 1.165) is 44.0 Å². The van der Waals surface area contributed by atoms with Crippen molar-refractivity contribution < 1.29 is 55.7 Å². The molecule has 0 aromatic carbocycles. The Kier molecular flexibility index (Phi) is 11.0. The number of hydrogen-bond donors (Lipinski definition) is 3. The summed E-state index contributed by atoms with van der Waals surface area (Å²) in [5.74, 6) is -2.56. The van der Waals surface area contributed by atoms with Gasteiger partial charge in [-0.3, -0.25) is 9.69 Å². The molecule has 0 aliphatic carbocycles. The molecule has 228 valence electrons. The summed E-state index contributed by atoms with van der Waals surface area (Å²) >= 11 is 0. The number of amides is 1. The van der Waals surface area contributed by atoms with Crippen molar-refractivity contribution in [1.29, 1.82) is 0 Å². The highest BCUT2D eigenvalue weighted by Crippen LogP contribution is 2.34. The number of aromatic nitrogens is 4. The van der Waals surface area contributed by atoms with Gasteiger partial charge in [-0.25, -0.2) is 14.6 Å². The molecule has 4 heterocycles. The van der Waals surface area contributed by atoms with Gasteiger partial charge in [-0.1, -0.05) is 6.07 Å². The largest absolute Gasteiger partial charge is 0.490 e. The molecular weight excluding hydrogens is 570 g/mol. The van der Waals surface area contributed by atoms with E-state index in [1.54, 1.807) is 13.3 Å². The average Bonchev–Trinajstić information content (AvgIpc) is 3.44. The van der Waals surface area contributed by atoms with Crippen molar-refractivity contribution in [1.82, 2.24) is 30.0 Å². The lowest BCUT2D eigenvalue weighted by Gasteiger charge is -2.25. The maximum atomic E-state index is 12.4. The van der Waals surface area contributed by atoms with Gasteiger partial charge in [0.2, 0.25) is 11.7 Å². The van der Waals surface area contributed by atoms with Gasteiger partial charge < -0.3 is 24.8 Å². The maximum absolute atomic E-state index is 12.4. The molecule has 2 aliphatic heterocycles. The van der Waals surface area contributed by atoms with E-state index in [4.69, 9.17) is 24.5 Å². The van der Waals surface area contributed by atoms with Gasteiger partial charge in [-0.05, 0) is 31.7 Å². The number of carboxylic acid groups (broad SMARTS) is 2. The topological polar surface area (TPSA) is 160 Å².